The standard InChI is InChI=1S/C18H34O4/c1-9-11-21-15(19)13(17(3,4)5)14(18(6,7)8)16(20)22-12-10-2/h13-14H,9-12H2,1-8H3. The maximum absolute atomic E-state index is 12.6. The van der Waals surface area contributed by atoms with Crippen molar-refractivity contribution in [1.29, 1.82) is 0 Å². The topological polar surface area (TPSA) is 52.6 Å². The quantitative estimate of drug-likeness (QED) is 0.660. The Balaban J connectivity index is 5.56. The van der Waals surface area contributed by atoms with Gasteiger partial charge < -0.3 is 9.47 Å². The smallest absolute Gasteiger partial charge is 0.310 e. The van der Waals surface area contributed by atoms with Crippen LogP contribution in [0.25, 0.3) is 0 Å². The van der Waals surface area contributed by atoms with Crippen LogP contribution >= 0.6 is 0 Å². The van der Waals surface area contributed by atoms with Gasteiger partial charge in [-0.3, -0.25) is 9.59 Å². The summed E-state index contributed by atoms with van der Waals surface area (Å²) in [5, 5.41) is 0. The second kappa shape index (κ2) is 8.54. The average molecular weight is 314 g/mol. The van der Waals surface area contributed by atoms with Crippen LogP contribution in [0.3, 0.4) is 0 Å². The zero-order valence-corrected chi connectivity index (χ0v) is 15.6. The van der Waals surface area contributed by atoms with E-state index in [4.69, 9.17) is 9.47 Å². The highest BCUT2D eigenvalue weighted by molar-refractivity contribution is 5.83. The molecule has 130 valence electrons. The molecule has 2 unspecified atom stereocenters. The number of hydrogen-bond acceptors (Lipinski definition) is 4. The zero-order valence-electron chi connectivity index (χ0n) is 15.6. The lowest BCUT2D eigenvalue weighted by atomic mass is 9.64. The van der Waals surface area contributed by atoms with Gasteiger partial charge in [0.15, 0.2) is 0 Å². The minimum atomic E-state index is -0.525. The normalized spacial score (nSPS) is 15.1. The first kappa shape index (κ1) is 20.9. The van der Waals surface area contributed by atoms with E-state index < -0.39 is 11.8 Å². The first-order chi connectivity index (χ1) is 9.96. The molecular formula is C18H34O4. The van der Waals surface area contributed by atoms with E-state index in [2.05, 4.69) is 0 Å². The van der Waals surface area contributed by atoms with Gasteiger partial charge in [-0.05, 0) is 23.7 Å². The Bertz CT molecular complexity index is 324. The number of ether oxygens (including phenoxy) is 2. The zero-order chi connectivity index (χ0) is 17.6. The van der Waals surface area contributed by atoms with Gasteiger partial charge in [0.2, 0.25) is 0 Å². The molecule has 0 fully saturated rings. The number of carbonyl (C=O) groups is 2. The molecule has 0 aromatic carbocycles. The monoisotopic (exact) mass is 314 g/mol. The molecule has 0 aromatic rings. The van der Waals surface area contributed by atoms with Crippen LogP contribution in [-0.4, -0.2) is 25.2 Å². The van der Waals surface area contributed by atoms with E-state index >= 15 is 0 Å². The molecule has 4 heteroatoms. The fraction of sp³-hybridized carbons (Fsp3) is 0.889. The van der Waals surface area contributed by atoms with Crippen molar-refractivity contribution < 1.29 is 19.1 Å². The van der Waals surface area contributed by atoms with Crippen molar-refractivity contribution in [1.82, 2.24) is 0 Å². The lowest BCUT2D eigenvalue weighted by molar-refractivity contribution is -0.171. The summed E-state index contributed by atoms with van der Waals surface area (Å²) in [7, 11) is 0. The van der Waals surface area contributed by atoms with Gasteiger partial charge in [0, 0.05) is 0 Å². The molecule has 0 N–H and O–H groups in total. The maximum atomic E-state index is 12.6. The van der Waals surface area contributed by atoms with E-state index in [1.807, 2.05) is 55.4 Å². The Morgan fingerprint density at radius 1 is 0.727 bits per heavy atom. The van der Waals surface area contributed by atoms with E-state index in [0.29, 0.717) is 13.2 Å². The van der Waals surface area contributed by atoms with Crippen LogP contribution in [-0.2, 0) is 19.1 Å². The van der Waals surface area contributed by atoms with Crippen LogP contribution in [0.1, 0.15) is 68.2 Å². The SMILES string of the molecule is CCCOC(=O)C(C(C(=O)OCCC)C(C)(C)C)C(C)(C)C. The minimum Gasteiger partial charge on any atom is -0.465 e. The number of esters is 2. The Hall–Kier alpha value is -1.06. The van der Waals surface area contributed by atoms with Crippen molar-refractivity contribution in [2.75, 3.05) is 13.2 Å². The van der Waals surface area contributed by atoms with Crippen molar-refractivity contribution in [3.63, 3.8) is 0 Å². The molecule has 4 nitrogen and oxygen atoms in total. The second-order valence-electron chi connectivity index (χ2n) is 8.02. The predicted molar refractivity (Wildman–Crippen MR) is 88.4 cm³/mol. The highest BCUT2D eigenvalue weighted by Crippen LogP contribution is 2.42. The molecule has 0 aromatic heterocycles. The Morgan fingerprint density at radius 3 is 1.18 bits per heavy atom. The molecule has 0 aliphatic carbocycles. The van der Waals surface area contributed by atoms with Crippen LogP contribution < -0.4 is 0 Å². The highest BCUT2D eigenvalue weighted by atomic mass is 16.5. The molecular weight excluding hydrogens is 280 g/mol. The van der Waals surface area contributed by atoms with Crippen LogP contribution in [0.2, 0.25) is 0 Å². The van der Waals surface area contributed by atoms with Gasteiger partial charge in [0.05, 0.1) is 25.0 Å². The van der Waals surface area contributed by atoms with E-state index in [0.717, 1.165) is 12.8 Å². The molecule has 0 aliphatic heterocycles. The third kappa shape index (κ3) is 6.37. The van der Waals surface area contributed by atoms with Gasteiger partial charge in [-0.25, -0.2) is 0 Å². The van der Waals surface area contributed by atoms with E-state index in [9.17, 15) is 9.59 Å². The molecule has 22 heavy (non-hydrogen) atoms. The van der Waals surface area contributed by atoms with Gasteiger partial charge in [0.1, 0.15) is 0 Å². The molecule has 0 rings (SSSR count). The van der Waals surface area contributed by atoms with Crippen molar-refractivity contribution in [2.45, 2.75) is 68.2 Å². The summed E-state index contributed by atoms with van der Waals surface area (Å²) in [6.45, 7) is 16.5. The Labute approximate surface area is 135 Å². The third-order valence-corrected chi connectivity index (χ3v) is 3.60. The molecule has 0 spiro atoms. The van der Waals surface area contributed by atoms with E-state index in [1.54, 1.807) is 0 Å². The first-order valence-corrected chi connectivity index (χ1v) is 8.30. The van der Waals surface area contributed by atoms with Gasteiger partial charge >= 0.3 is 11.9 Å². The summed E-state index contributed by atoms with van der Waals surface area (Å²) in [5.74, 6) is -1.66. The summed E-state index contributed by atoms with van der Waals surface area (Å²) in [5.41, 5.74) is -0.762. The van der Waals surface area contributed by atoms with Crippen LogP contribution in [0, 0.1) is 22.7 Å². The predicted octanol–water partition coefficient (Wildman–Crippen LogP) is 4.22. The lowest BCUT2D eigenvalue weighted by Gasteiger charge is -2.40. The summed E-state index contributed by atoms with van der Waals surface area (Å²) in [6.07, 6.45) is 1.53. The van der Waals surface area contributed by atoms with Gasteiger partial charge in [-0.2, -0.15) is 0 Å². The minimum absolute atomic E-state index is 0.303. The molecule has 2 atom stereocenters. The fourth-order valence-electron chi connectivity index (χ4n) is 2.56. The Morgan fingerprint density at radius 2 is 1.00 bits per heavy atom. The molecule has 0 bridgehead atoms. The maximum Gasteiger partial charge on any atom is 0.310 e. The summed E-state index contributed by atoms with van der Waals surface area (Å²) in [6, 6.07) is 0. The van der Waals surface area contributed by atoms with Crippen molar-refractivity contribution >= 4 is 11.9 Å². The first-order valence-electron chi connectivity index (χ1n) is 8.30. The van der Waals surface area contributed by atoms with Crippen LogP contribution in [0.5, 0.6) is 0 Å². The molecule has 0 saturated carbocycles. The molecule has 0 saturated heterocycles. The van der Waals surface area contributed by atoms with E-state index in [-0.39, 0.29) is 22.8 Å². The van der Waals surface area contributed by atoms with Crippen LogP contribution in [0.4, 0.5) is 0 Å². The van der Waals surface area contributed by atoms with Crippen molar-refractivity contribution in [2.24, 2.45) is 22.7 Å². The van der Waals surface area contributed by atoms with E-state index in [1.165, 1.54) is 0 Å². The lowest BCUT2D eigenvalue weighted by Crippen LogP contribution is -2.46. The highest BCUT2D eigenvalue weighted by Gasteiger charge is 2.48. The fourth-order valence-corrected chi connectivity index (χ4v) is 2.56. The number of hydrogen-bond donors (Lipinski definition) is 0. The Kier molecular flexibility index (Phi) is 8.13. The second-order valence-corrected chi connectivity index (χ2v) is 8.02. The molecule has 0 aliphatic rings. The van der Waals surface area contributed by atoms with Crippen molar-refractivity contribution in [3.8, 4) is 0 Å². The van der Waals surface area contributed by atoms with Gasteiger partial charge in [0.25, 0.3) is 0 Å². The summed E-state index contributed by atoms with van der Waals surface area (Å²) >= 11 is 0. The summed E-state index contributed by atoms with van der Waals surface area (Å²) < 4.78 is 10.7. The number of carbonyl (C=O) groups excluding carboxylic acids is 2. The van der Waals surface area contributed by atoms with Crippen molar-refractivity contribution in [3.05, 3.63) is 0 Å². The van der Waals surface area contributed by atoms with Crippen LogP contribution in [0.15, 0.2) is 0 Å². The molecule has 0 radical (unpaired) electrons. The molecule has 0 heterocycles. The summed E-state index contributed by atoms with van der Waals surface area (Å²) in [4.78, 5) is 25.2. The third-order valence-electron chi connectivity index (χ3n) is 3.60. The average Bonchev–Trinajstić information content (AvgIpc) is 2.36. The van der Waals surface area contributed by atoms with Gasteiger partial charge in [-0.15, -0.1) is 0 Å². The number of rotatable bonds is 7. The van der Waals surface area contributed by atoms with Gasteiger partial charge in [-0.1, -0.05) is 55.4 Å². The molecule has 0 amide bonds. The largest absolute Gasteiger partial charge is 0.465 e.